The van der Waals surface area contributed by atoms with E-state index in [1.54, 1.807) is 24.3 Å². The zero-order chi connectivity index (χ0) is 19.1. The molecule has 7 heteroatoms. The van der Waals surface area contributed by atoms with E-state index < -0.39 is 0 Å². The van der Waals surface area contributed by atoms with Gasteiger partial charge in [0.15, 0.2) is 0 Å². The fraction of sp³-hybridized carbons (Fsp3) is 0.211. The van der Waals surface area contributed by atoms with Crippen LogP contribution in [0.4, 0.5) is 15.8 Å². The minimum atomic E-state index is -0.389. The second-order valence-corrected chi connectivity index (χ2v) is 5.86. The molecule has 0 aromatic heterocycles. The number of amides is 3. The van der Waals surface area contributed by atoms with Crippen LogP contribution in [0, 0.1) is 5.82 Å². The Morgan fingerprint density at radius 1 is 0.923 bits per heavy atom. The highest BCUT2D eigenvalue weighted by atomic mass is 19.1. The Hall–Kier alpha value is -3.22. The van der Waals surface area contributed by atoms with Crippen LogP contribution in [0.2, 0.25) is 0 Å². The second-order valence-electron chi connectivity index (χ2n) is 5.86. The molecule has 0 radical (unpaired) electrons. The first-order valence-electron chi connectivity index (χ1n) is 7.99. The Morgan fingerprint density at radius 2 is 1.46 bits per heavy atom. The van der Waals surface area contributed by atoms with Crippen LogP contribution in [0.5, 0.6) is 0 Å². The number of nitrogens with zero attached hydrogens (tertiary/aromatic N) is 1. The van der Waals surface area contributed by atoms with E-state index in [1.165, 1.54) is 43.1 Å². The van der Waals surface area contributed by atoms with E-state index in [2.05, 4.69) is 10.6 Å². The highest BCUT2D eigenvalue weighted by Crippen LogP contribution is 2.11. The molecule has 0 saturated heterocycles. The molecule has 0 aliphatic rings. The van der Waals surface area contributed by atoms with E-state index >= 15 is 0 Å². The summed E-state index contributed by atoms with van der Waals surface area (Å²) in [5.41, 5.74) is 1.89. The van der Waals surface area contributed by atoms with Gasteiger partial charge >= 0.3 is 0 Å². The third-order valence-electron chi connectivity index (χ3n) is 3.56. The Kier molecular flexibility index (Phi) is 6.43. The molecule has 2 rings (SSSR count). The Labute approximate surface area is 151 Å². The van der Waals surface area contributed by atoms with Crippen molar-refractivity contribution in [2.24, 2.45) is 0 Å². The second kappa shape index (κ2) is 8.75. The summed E-state index contributed by atoms with van der Waals surface area (Å²) in [6, 6.07) is 12.3. The average Bonchev–Trinajstić information content (AvgIpc) is 2.58. The number of carbonyl (C=O) groups is 3. The summed E-state index contributed by atoms with van der Waals surface area (Å²) in [6.45, 7) is 1.31. The van der Waals surface area contributed by atoms with Crippen LogP contribution in [0.15, 0.2) is 48.5 Å². The number of hydrogen-bond donors (Lipinski definition) is 2. The Morgan fingerprint density at radius 3 is 2.04 bits per heavy atom. The van der Waals surface area contributed by atoms with Crippen LogP contribution in [0.1, 0.15) is 12.5 Å². The summed E-state index contributed by atoms with van der Waals surface area (Å²) in [5, 5.41) is 5.25. The van der Waals surface area contributed by atoms with Gasteiger partial charge in [-0.2, -0.15) is 0 Å². The van der Waals surface area contributed by atoms with Gasteiger partial charge in [-0.15, -0.1) is 0 Å². The molecule has 0 atom stereocenters. The quantitative estimate of drug-likeness (QED) is 0.833. The lowest BCUT2D eigenvalue weighted by atomic mass is 10.1. The van der Waals surface area contributed by atoms with Crippen molar-refractivity contribution in [2.45, 2.75) is 13.3 Å². The molecule has 0 aliphatic heterocycles. The summed E-state index contributed by atoms with van der Waals surface area (Å²) >= 11 is 0. The van der Waals surface area contributed by atoms with Crippen molar-refractivity contribution in [1.82, 2.24) is 4.90 Å². The van der Waals surface area contributed by atoms with Gasteiger partial charge in [-0.1, -0.05) is 12.1 Å². The summed E-state index contributed by atoms with van der Waals surface area (Å²) in [7, 11) is 1.54. The van der Waals surface area contributed by atoms with Gasteiger partial charge in [0.25, 0.3) is 0 Å². The number of likely N-dealkylation sites (N-methyl/N-ethyl adjacent to an activating group) is 1. The van der Waals surface area contributed by atoms with Crippen molar-refractivity contribution in [3.63, 3.8) is 0 Å². The molecule has 0 saturated carbocycles. The normalized spacial score (nSPS) is 10.1. The van der Waals surface area contributed by atoms with E-state index in [-0.39, 0.29) is 36.5 Å². The molecule has 0 heterocycles. The van der Waals surface area contributed by atoms with Crippen LogP contribution in [0.3, 0.4) is 0 Å². The molecule has 0 spiro atoms. The molecule has 2 aromatic carbocycles. The first-order valence-corrected chi connectivity index (χ1v) is 7.99. The maximum atomic E-state index is 12.8. The molecule has 0 unspecified atom stereocenters. The van der Waals surface area contributed by atoms with Gasteiger partial charge < -0.3 is 15.5 Å². The number of benzene rings is 2. The summed E-state index contributed by atoms with van der Waals surface area (Å²) < 4.78 is 12.8. The number of halogens is 1. The van der Waals surface area contributed by atoms with Crippen LogP contribution in [-0.2, 0) is 20.8 Å². The predicted molar refractivity (Wildman–Crippen MR) is 97.1 cm³/mol. The third-order valence-corrected chi connectivity index (χ3v) is 3.56. The highest BCUT2D eigenvalue weighted by molar-refractivity contribution is 5.94. The highest BCUT2D eigenvalue weighted by Gasteiger charge is 2.14. The summed E-state index contributed by atoms with van der Waals surface area (Å²) in [4.78, 5) is 36.5. The molecule has 0 fully saturated rings. The van der Waals surface area contributed by atoms with E-state index in [9.17, 15) is 18.8 Å². The van der Waals surface area contributed by atoms with Crippen molar-refractivity contribution >= 4 is 29.1 Å². The number of hydrogen-bond acceptors (Lipinski definition) is 3. The fourth-order valence-electron chi connectivity index (χ4n) is 2.26. The lowest BCUT2D eigenvalue weighted by Gasteiger charge is -2.17. The molecule has 2 aromatic rings. The zero-order valence-electron chi connectivity index (χ0n) is 14.6. The van der Waals surface area contributed by atoms with E-state index in [0.717, 1.165) is 5.56 Å². The Balaban J connectivity index is 1.85. The lowest BCUT2D eigenvalue weighted by molar-refractivity contribution is -0.132. The molecule has 0 bridgehead atoms. The first-order chi connectivity index (χ1) is 12.3. The van der Waals surface area contributed by atoms with Crippen LogP contribution < -0.4 is 10.6 Å². The SMILES string of the molecule is CC(=O)Nc1ccc(CC(=O)N(C)CC(=O)Nc2ccc(F)cc2)cc1. The van der Waals surface area contributed by atoms with E-state index in [0.29, 0.717) is 11.4 Å². The van der Waals surface area contributed by atoms with Crippen LogP contribution in [0.25, 0.3) is 0 Å². The van der Waals surface area contributed by atoms with Gasteiger partial charge in [-0.05, 0) is 42.0 Å². The van der Waals surface area contributed by atoms with Gasteiger partial charge in [-0.25, -0.2) is 4.39 Å². The van der Waals surface area contributed by atoms with Gasteiger partial charge in [0.1, 0.15) is 5.82 Å². The van der Waals surface area contributed by atoms with Crippen molar-refractivity contribution in [2.75, 3.05) is 24.2 Å². The summed E-state index contributed by atoms with van der Waals surface area (Å²) in [5.74, 6) is -1.14. The van der Waals surface area contributed by atoms with Crippen molar-refractivity contribution in [3.05, 3.63) is 59.9 Å². The molecule has 6 nitrogen and oxygen atoms in total. The third kappa shape index (κ3) is 6.01. The van der Waals surface area contributed by atoms with Gasteiger partial charge in [-0.3, -0.25) is 14.4 Å². The molecule has 26 heavy (non-hydrogen) atoms. The molecular weight excluding hydrogens is 337 g/mol. The number of anilines is 2. The molecular formula is C19H20FN3O3. The average molecular weight is 357 g/mol. The van der Waals surface area contributed by atoms with Gasteiger partial charge in [0, 0.05) is 25.3 Å². The maximum Gasteiger partial charge on any atom is 0.243 e. The zero-order valence-corrected chi connectivity index (χ0v) is 14.6. The number of carbonyl (C=O) groups excluding carboxylic acids is 3. The molecule has 3 amide bonds. The smallest absolute Gasteiger partial charge is 0.243 e. The van der Waals surface area contributed by atoms with Crippen LogP contribution in [-0.4, -0.2) is 36.2 Å². The fourth-order valence-corrected chi connectivity index (χ4v) is 2.26. The summed E-state index contributed by atoms with van der Waals surface area (Å²) in [6.07, 6.45) is 0.140. The molecule has 0 aliphatic carbocycles. The Bertz CT molecular complexity index is 789. The van der Waals surface area contributed by atoms with Crippen molar-refractivity contribution in [1.29, 1.82) is 0 Å². The number of nitrogens with one attached hydrogen (secondary N) is 2. The van der Waals surface area contributed by atoms with Crippen molar-refractivity contribution < 1.29 is 18.8 Å². The monoisotopic (exact) mass is 357 g/mol. The maximum absolute atomic E-state index is 12.8. The minimum Gasteiger partial charge on any atom is -0.336 e. The molecule has 136 valence electrons. The largest absolute Gasteiger partial charge is 0.336 e. The standard InChI is InChI=1S/C19H20FN3O3/c1-13(24)21-16-7-3-14(4-8-16)11-19(26)23(2)12-18(25)22-17-9-5-15(20)6-10-17/h3-10H,11-12H2,1-2H3,(H,21,24)(H,22,25). The van der Waals surface area contributed by atoms with Gasteiger partial charge in [0.2, 0.25) is 17.7 Å². The van der Waals surface area contributed by atoms with Crippen molar-refractivity contribution in [3.8, 4) is 0 Å². The van der Waals surface area contributed by atoms with Crippen LogP contribution >= 0.6 is 0 Å². The van der Waals surface area contributed by atoms with E-state index in [1.807, 2.05) is 0 Å². The van der Waals surface area contributed by atoms with E-state index in [4.69, 9.17) is 0 Å². The topological polar surface area (TPSA) is 78.5 Å². The van der Waals surface area contributed by atoms with Gasteiger partial charge in [0.05, 0.1) is 13.0 Å². The minimum absolute atomic E-state index is 0.111. The number of rotatable bonds is 6. The lowest BCUT2D eigenvalue weighted by Crippen LogP contribution is -2.35. The molecule has 2 N–H and O–H groups in total. The first kappa shape index (κ1) is 19.1. The predicted octanol–water partition coefficient (Wildman–Crippen LogP) is 2.42.